The molecule has 2 heterocycles. The largest absolute Gasteiger partial charge is 0.461 e. The van der Waals surface area contributed by atoms with Crippen molar-refractivity contribution in [3.8, 4) is 11.1 Å². The zero-order valence-electron chi connectivity index (χ0n) is 20.9. The Balaban J connectivity index is 1.40. The molecule has 0 bridgehead atoms. The van der Waals surface area contributed by atoms with Crippen LogP contribution in [0.2, 0.25) is 5.02 Å². The Morgan fingerprint density at radius 2 is 1.55 bits per heavy atom. The van der Waals surface area contributed by atoms with Gasteiger partial charge in [-0.05, 0) is 41.3 Å². The highest BCUT2D eigenvalue weighted by Gasteiger charge is 2.28. The van der Waals surface area contributed by atoms with E-state index in [1.165, 1.54) is 11.1 Å². The van der Waals surface area contributed by atoms with Crippen LogP contribution in [0.3, 0.4) is 0 Å². The molecule has 6 heteroatoms. The maximum absolute atomic E-state index is 6.27. The molecule has 1 aromatic heterocycles. The molecule has 5 nitrogen and oxygen atoms in total. The van der Waals surface area contributed by atoms with Gasteiger partial charge in [0.15, 0.2) is 0 Å². The van der Waals surface area contributed by atoms with Gasteiger partial charge in [0.25, 0.3) is 0 Å². The molecule has 0 amide bonds. The van der Waals surface area contributed by atoms with Gasteiger partial charge in [-0.15, -0.1) is 0 Å². The summed E-state index contributed by atoms with van der Waals surface area (Å²) in [6.07, 6.45) is 1.13. The van der Waals surface area contributed by atoms with Gasteiger partial charge < -0.3 is 15.5 Å². The van der Waals surface area contributed by atoms with E-state index in [1.807, 2.05) is 49.4 Å². The maximum Gasteiger partial charge on any atom is 0.136 e. The van der Waals surface area contributed by atoms with Crippen molar-refractivity contribution in [2.75, 3.05) is 0 Å². The Morgan fingerprint density at radius 1 is 0.868 bits per heavy atom. The molecule has 0 aliphatic carbocycles. The lowest BCUT2D eigenvalue weighted by Gasteiger charge is -2.33. The van der Waals surface area contributed by atoms with E-state index in [-0.39, 0.29) is 12.3 Å². The first-order valence-corrected chi connectivity index (χ1v) is 12.9. The van der Waals surface area contributed by atoms with E-state index >= 15 is 0 Å². The molecule has 0 spiro atoms. The van der Waals surface area contributed by atoms with Crippen LogP contribution in [0, 0.1) is 6.92 Å². The molecule has 0 fully saturated rings. The van der Waals surface area contributed by atoms with Crippen LogP contribution < -0.4 is 16.4 Å². The first-order chi connectivity index (χ1) is 18.6. The van der Waals surface area contributed by atoms with Crippen LogP contribution in [0.15, 0.2) is 119 Å². The van der Waals surface area contributed by atoms with Crippen LogP contribution in [0.5, 0.6) is 0 Å². The molecule has 2 atom stereocenters. The van der Waals surface area contributed by atoms with Crippen molar-refractivity contribution in [3.05, 3.63) is 137 Å². The molecule has 38 heavy (non-hydrogen) atoms. The molecule has 5 aromatic rings. The van der Waals surface area contributed by atoms with E-state index in [4.69, 9.17) is 26.7 Å². The van der Waals surface area contributed by atoms with Gasteiger partial charge in [-0.2, -0.15) is 0 Å². The number of nitrogens with zero attached hydrogens (tertiary/aromatic N) is 1. The molecule has 0 saturated carbocycles. The predicted molar refractivity (Wildman–Crippen MR) is 156 cm³/mol. The fourth-order valence-corrected chi connectivity index (χ4v) is 5.14. The van der Waals surface area contributed by atoms with Gasteiger partial charge in [-0.1, -0.05) is 96.5 Å². The fraction of sp³-hybridized carbons (Fsp3) is 0.0938. The topological polar surface area (TPSA) is 75.6 Å². The van der Waals surface area contributed by atoms with E-state index in [0.717, 1.165) is 33.4 Å². The SMILES string of the molecule is Cc1oc2cc(Cl)ccc2c1/C(=C\N)C1=NC(c2ccccc2)NC(c2ccc(-c3ccccc3)cc2)N1. The highest BCUT2D eigenvalue weighted by atomic mass is 35.5. The summed E-state index contributed by atoms with van der Waals surface area (Å²) in [7, 11) is 0. The third-order valence-corrected chi connectivity index (χ3v) is 7.08. The van der Waals surface area contributed by atoms with Crippen LogP contribution in [-0.4, -0.2) is 5.84 Å². The molecule has 0 radical (unpaired) electrons. The van der Waals surface area contributed by atoms with Crippen molar-refractivity contribution in [1.29, 1.82) is 0 Å². The lowest BCUT2D eigenvalue weighted by molar-refractivity contribution is 0.410. The summed E-state index contributed by atoms with van der Waals surface area (Å²) in [6.45, 7) is 1.93. The Bertz CT molecular complexity index is 1640. The van der Waals surface area contributed by atoms with E-state index in [1.54, 1.807) is 6.20 Å². The predicted octanol–water partition coefficient (Wildman–Crippen LogP) is 7.35. The van der Waals surface area contributed by atoms with E-state index < -0.39 is 0 Å². The van der Waals surface area contributed by atoms with Crippen molar-refractivity contribution in [1.82, 2.24) is 10.6 Å². The summed E-state index contributed by atoms with van der Waals surface area (Å²) >= 11 is 6.22. The molecule has 6 rings (SSSR count). The van der Waals surface area contributed by atoms with Gasteiger partial charge in [-0.25, -0.2) is 4.99 Å². The number of furan rings is 1. The van der Waals surface area contributed by atoms with Crippen LogP contribution in [0.25, 0.3) is 27.7 Å². The van der Waals surface area contributed by atoms with Crippen LogP contribution >= 0.6 is 11.6 Å². The van der Waals surface area contributed by atoms with E-state index in [0.29, 0.717) is 16.4 Å². The molecule has 0 saturated heterocycles. The number of nitrogens with two attached hydrogens (primary N) is 1. The quantitative estimate of drug-likeness (QED) is 0.227. The number of hydrogen-bond donors (Lipinski definition) is 3. The summed E-state index contributed by atoms with van der Waals surface area (Å²) in [6, 6.07) is 34.8. The Morgan fingerprint density at radius 3 is 2.26 bits per heavy atom. The molecular weight excluding hydrogens is 492 g/mol. The van der Waals surface area contributed by atoms with Crippen LogP contribution in [0.4, 0.5) is 0 Å². The first-order valence-electron chi connectivity index (χ1n) is 12.5. The normalized spacial score (nSPS) is 17.7. The summed E-state index contributed by atoms with van der Waals surface area (Å²) in [5.41, 5.74) is 13.2. The maximum atomic E-state index is 6.27. The molecule has 4 aromatic carbocycles. The van der Waals surface area contributed by atoms with E-state index in [2.05, 4.69) is 71.3 Å². The van der Waals surface area contributed by atoms with Gasteiger partial charge in [-0.3, -0.25) is 5.32 Å². The van der Waals surface area contributed by atoms with Crippen molar-refractivity contribution in [2.24, 2.45) is 10.7 Å². The average molecular weight is 519 g/mol. The van der Waals surface area contributed by atoms with Gasteiger partial charge >= 0.3 is 0 Å². The standard InChI is InChI=1S/C32H27ClN4O/c1-20-29(26-17-16-25(33)18-28(26)38-20)27(19-34)32-36-30(23-10-6-3-7-11-23)35-31(37-32)24-14-12-22(13-15-24)21-8-4-2-5-9-21/h2-19,30-31,35H,34H2,1H3,(H,36,37)/b27-19+. The minimum Gasteiger partial charge on any atom is -0.461 e. The number of hydrogen-bond acceptors (Lipinski definition) is 5. The summed E-state index contributed by atoms with van der Waals surface area (Å²) < 4.78 is 6.05. The van der Waals surface area contributed by atoms with Gasteiger partial charge in [0.1, 0.15) is 29.5 Å². The fourth-order valence-electron chi connectivity index (χ4n) is 4.98. The highest BCUT2D eigenvalue weighted by molar-refractivity contribution is 6.31. The smallest absolute Gasteiger partial charge is 0.136 e. The van der Waals surface area contributed by atoms with Crippen LogP contribution in [0.1, 0.15) is 34.8 Å². The van der Waals surface area contributed by atoms with Gasteiger partial charge in [0, 0.05) is 33.8 Å². The summed E-state index contributed by atoms with van der Waals surface area (Å²) in [5, 5.41) is 8.80. The van der Waals surface area contributed by atoms with Crippen LogP contribution in [-0.2, 0) is 0 Å². The van der Waals surface area contributed by atoms with Gasteiger partial charge in [0.2, 0.25) is 0 Å². The number of rotatable bonds is 5. The number of aliphatic imine (C=N–C) groups is 1. The summed E-state index contributed by atoms with van der Waals surface area (Å²) in [5.74, 6) is 1.44. The second-order valence-electron chi connectivity index (χ2n) is 9.28. The highest BCUT2D eigenvalue weighted by Crippen LogP contribution is 2.35. The van der Waals surface area contributed by atoms with Crippen molar-refractivity contribution in [3.63, 3.8) is 0 Å². The third kappa shape index (κ3) is 4.58. The Kier molecular flexibility index (Phi) is 6.46. The molecule has 1 aliphatic rings. The van der Waals surface area contributed by atoms with Gasteiger partial charge in [0.05, 0.1) is 0 Å². The third-order valence-electron chi connectivity index (χ3n) is 6.85. The lowest BCUT2D eigenvalue weighted by atomic mass is 9.99. The zero-order valence-corrected chi connectivity index (χ0v) is 21.6. The Labute approximate surface area is 226 Å². The molecule has 2 unspecified atom stereocenters. The number of fused-ring (bicyclic) bond motifs is 1. The van der Waals surface area contributed by atoms with E-state index in [9.17, 15) is 0 Å². The minimum atomic E-state index is -0.269. The number of amidine groups is 1. The molecule has 1 aliphatic heterocycles. The van der Waals surface area contributed by atoms with Crippen molar-refractivity contribution in [2.45, 2.75) is 19.3 Å². The van der Waals surface area contributed by atoms with Crippen molar-refractivity contribution < 1.29 is 4.42 Å². The second-order valence-corrected chi connectivity index (χ2v) is 9.71. The summed E-state index contributed by atoms with van der Waals surface area (Å²) in [4.78, 5) is 5.06. The zero-order chi connectivity index (χ0) is 26.1. The second kappa shape index (κ2) is 10.2. The number of nitrogens with one attached hydrogen (secondary N) is 2. The Hall–Kier alpha value is -4.32. The lowest BCUT2D eigenvalue weighted by Crippen LogP contribution is -2.45. The number of aryl methyl sites for hydroxylation is 1. The first kappa shape index (κ1) is 24.0. The minimum absolute atomic E-state index is 0.194. The monoisotopic (exact) mass is 518 g/mol. The van der Waals surface area contributed by atoms with Crippen molar-refractivity contribution >= 4 is 34.0 Å². The molecule has 4 N–H and O–H groups in total. The molecular formula is C32H27ClN4O. The number of halogens is 1. The number of benzene rings is 4. The average Bonchev–Trinajstić information content (AvgIpc) is 3.29. The molecule has 188 valence electrons.